The number of hydrogen-bond acceptors (Lipinski definition) is 7. The fraction of sp³-hybridized carbons (Fsp3) is 0.440. The highest BCUT2D eigenvalue weighted by Crippen LogP contribution is 2.35. The average molecular weight is 494 g/mol. The predicted molar refractivity (Wildman–Crippen MR) is 128 cm³/mol. The normalized spacial score (nSPS) is 20.8. The molecular weight excluding hydrogens is 469 g/mol. The van der Waals surface area contributed by atoms with E-state index in [0.717, 1.165) is 74.5 Å². The summed E-state index contributed by atoms with van der Waals surface area (Å²) in [6.45, 7) is 4.52. The van der Waals surface area contributed by atoms with Crippen LogP contribution in [0.4, 0.5) is 10.2 Å². The summed E-state index contributed by atoms with van der Waals surface area (Å²) in [5.41, 5.74) is 2.09. The molecule has 2 fully saturated rings. The molecule has 1 aromatic carbocycles. The number of fused-ring (bicyclic) bond motifs is 3. The molecule has 35 heavy (non-hydrogen) atoms. The number of benzene rings is 1. The van der Waals surface area contributed by atoms with Gasteiger partial charge in [0.15, 0.2) is 17.3 Å². The van der Waals surface area contributed by atoms with E-state index in [2.05, 4.69) is 35.6 Å². The molecule has 0 aliphatic carbocycles. The number of hydrogen-bond donors (Lipinski definition) is 0. The van der Waals surface area contributed by atoms with E-state index in [1.165, 1.54) is 11.6 Å². The Labute approximate surface area is 207 Å². The summed E-state index contributed by atoms with van der Waals surface area (Å²) >= 11 is 6.39. The molecule has 0 unspecified atom stereocenters. The highest BCUT2D eigenvalue weighted by atomic mass is 35.5. The summed E-state index contributed by atoms with van der Waals surface area (Å²) in [7, 11) is 0. The summed E-state index contributed by atoms with van der Waals surface area (Å²) in [6, 6.07) is 11.2. The van der Waals surface area contributed by atoms with Crippen molar-refractivity contribution < 1.29 is 9.13 Å². The van der Waals surface area contributed by atoms with E-state index in [9.17, 15) is 4.39 Å². The molecule has 0 N–H and O–H groups in total. The van der Waals surface area contributed by atoms with E-state index in [1.54, 1.807) is 6.07 Å². The Balaban J connectivity index is 1.28. The molecule has 0 amide bonds. The Bertz CT molecular complexity index is 1290. The van der Waals surface area contributed by atoms with Crippen LogP contribution in [0, 0.1) is 17.1 Å². The third-order valence-electron chi connectivity index (χ3n) is 7.30. The zero-order valence-corrected chi connectivity index (χ0v) is 20.0. The minimum Gasteiger partial charge on any atom is -0.380 e. The van der Waals surface area contributed by atoms with Gasteiger partial charge < -0.3 is 9.64 Å². The predicted octanol–water partition coefficient (Wildman–Crippen LogP) is 3.81. The van der Waals surface area contributed by atoms with Crippen LogP contribution < -0.4 is 4.90 Å². The van der Waals surface area contributed by atoms with Gasteiger partial charge in [-0.05, 0) is 55.2 Å². The van der Waals surface area contributed by atoms with Gasteiger partial charge in [-0.2, -0.15) is 5.26 Å². The van der Waals surface area contributed by atoms with Crippen LogP contribution in [0.2, 0.25) is 5.02 Å². The third-order valence-corrected chi connectivity index (χ3v) is 7.53. The van der Waals surface area contributed by atoms with Crippen molar-refractivity contribution in [3.63, 3.8) is 0 Å². The van der Waals surface area contributed by atoms with Crippen LogP contribution >= 0.6 is 11.6 Å². The Hall–Kier alpha value is -3.06. The molecule has 2 saturated heterocycles. The van der Waals surface area contributed by atoms with E-state index in [1.807, 2.05) is 18.2 Å². The second-order valence-corrected chi connectivity index (χ2v) is 9.81. The first-order chi connectivity index (χ1) is 17.1. The summed E-state index contributed by atoms with van der Waals surface area (Å²) in [5.74, 6) is 2.19. The monoisotopic (exact) mass is 493 g/mol. The lowest BCUT2D eigenvalue weighted by Crippen LogP contribution is -2.34. The first kappa shape index (κ1) is 22.4. The van der Waals surface area contributed by atoms with Crippen molar-refractivity contribution in [1.82, 2.24) is 24.6 Å². The zero-order chi connectivity index (χ0) is 23.9. The molecule has 0 saturated carbocycles. The van der Waals surface area contributed by atoms with Crippen molar-refractivity contribution in [3.05, 3.63) is 64.1 Å². The number of nitriles is 1. The van der Waals surface area contributed by atoms with Crippen molar-refractivity contribution in [2.45, 2.75) is 44.3 Å². The quantitative estimate of drug-likeness (QED) is 0.548. The van der Waals surface area contributed by atoms with Gasteiger partial charge in [-0.15, -0.1) is 10.2 Å². The van der Waals surface area contributed by atoms with Gasteiger partial charge in [-0.25, -0.2) is 9.37 Å². The van der Waals surface area contributed by atoms with Gasteiger partial charge in [-0.3, -0.25) is 9.47 Å². The molecule has 8 nitrogen and oxygen atoms in total. The molecule has 180 valence electrons. The molecule has 2 aromatic heterocycles. The SMILES string of the molecule is N#Cc1nc(N2CCC(c3nnc4n3-c3ccc(Cl)cc3CN([C@H]3CCOC3)C4)CC2)ccc1F. The van der Waals surface area contributed by atoms with Crippen LogP contribution in [0.25, 0.3) is 5.69 Å². The standard InChI is InChI=1S/C25H25ClFN7O/c26-18-1-3-22-17(11-18)13-33(19-7-10-35-15-19)14-24-30-31-25(34(22)24)16-5-8-32(9-6-16)23-4-2-20(27)21(12-28)29-23/h1-4,11,16,19H,5-10,13-15H2/t19-/m0/s1. The van der Waals surface area contributed by atoms with Crippen molar-refractivity contribution >= 4 is 17.4 Å². The maximum absolute atomic E-state index is 13.7. The topological polar surface area (TPSA) is 83.1 Å². The van der Waals surface area contributed by atoms with Crippen LogP contribution in [0.1, 0.15) is 48.1 Å². The number of nitrogens with zero attached hydrogens (tertiary/aromatic N) is 7. The fourth-order valence-electron chi connectivity index (χ4n) is 5.44. The molecule has 3 aromatic rings. The van der Waals surface area contributed by atoms with Crippen molar-refractivity contribution in [1.29, 1.82) is 5.26 Å². The van der Waals surface area contributed by atoms with E-state index in [-0.39, 0.29) is 11.6 Å². The lowest BCUT2D eigenvalue weighted by atomic mass is 9.95. The second kappa shape index (κ2) is 9.19. The lowest BCUT2D eigenvalue weighted by molar-refractivity contribution is 0.133. The van der Waals surface area contributed by atoms with E-state index in [4.69, 9.17) is 21.6 Å². The molecule has 3 aliphatic rings. The van der Waals surface area contributed by atoms with Crippen molar-refractivity contribution in [3.8, 4) is 11.8 Å². The summed E-state index contributed by atoms with van der Waals surface area (Å²) in [5, 5.41) is 19.2. The smallest absolute Gasteiger partial charge is 0.178 e. The van der Waals surface area contributed by atoms with Crippen LogP contribution in [0.5, 0.6) is 0 Å². The van der Waals surface area contributed by atoms with Gasteiger partial charge in [0, 0.05) is 43.2 Å². The first-order valence-corrected chi connectivity index (χ1v) is 12.3. The average Bonchev–Trinajstić information content (AvgIpc) is 3.52. The summed E-state index contributed by atoms with van der Waals surface area (Å²) in [6.07, 6.45) is 2.74. The Kier molecular flexibility index (Phi) is 5.88. The summed E-state index contributed by atoms with van der Waals surface area (Å²) < 4.78 is 21.6. The molecule has 0 radical (unpaired) electrons. The highest BCUT2D eigenvalue weighted by molar-refractivity contribution is 6.30. The van der Waals surface area contributed by atoms with E-state index >= 15 is 0 Å². The van der Waals surface area contributed by atoms with Crippen LogP contribution in [0.15, 0.2) is 30.3 Å². The molecular formula is C25H25ClFN7O. The van der Waals surface area contributed by atoms with Crippen LogP contribution in [-0.2, 0) is 17.8 Å². The highest BCUT2D eigenvalue weighted by Gasteiger charge is 2.33. The molecule has 1 atom stereocenters. The first-order valence-electron chi connectivity index (χ1n) is 12.0. The molecule has 10 heteroatoms. The minimum absolute atomic E-state index is 0.167. The molecule has 6 rings (SSSR count). The molecule has 0 bridgehead atoms. The van der Waals surface area contributed by atoms with E-state index in [0.29, 0.717) is 18.4 Å². The Morgan fingerprint density at radius 1 is 1.09 bits per heavy atom. The fourth-order valence-corrected chi connectivity index (χ4v) is 5.63. The third kappa shape index (κ3) is 4.16. The number of pyridine rings is 1. The number of ether oxygens (including phenoxy) is 1. The maximum atomic E-state index is 13.7. The lowest BCUT2D eigenvalue weighted by Gasteiger charge is -2.32. The zero-order valence-electron chi connectivity index (χ0n) is 19.2. The van der Waals surface area contributed by atoms with Crippen molar-refractivity contribution in [2.24, 2.45) is 0 Å². The van der Waals surface area contributed by atoms with Gasteiger partial charge >= 0.3 is 0 Å². The number of halogens is 2. The number of piperidine rings is 1. The maximum Gasteiger partial charge on any atom is 0.178 e. The Morgan fingerprint density at radius 3 is 2.71 bits per heavy atom. The van der Waals surface area contributed by atoms with Gasteiger partial charge in [0.2, 0.25) is 0 Å². The van der Waals surface area contributed by atoms with Gasteiger partial charge in [0.25, 0.3) is 0 Å². The molecule has 5 heterocycles. The number of rotatable bonds is 3. The second-order valence-electron chi connectivity index (χ2n) is 9.38. The van der Waals surface area contributed by atoms with Crippen molar-refractivity contribution in [2.75, 3.05) is 31.2 Å². The minimum atomic E-state index is -0.589. The van der Waals surface area contributed by atoms with Crippen LogP contribution in [0.3, 0.4) is 0 Å². The van der Waals surface area contributed by atoms with Gasteiger partial charge in [0.1, 0.15) is 17.7 Å². The number of anilines is 1. The van der Waals surface area contributed by atoms with Gasteiger partial charge in [0.05, 0.1) is 18.8 Å². The number of aromatic nitrogens is 4. The Morgan fingerprint density at radius 2 is 1.94 bits per heavy atom. The summed E-state index contributed by atoms with van der Waals surface area (Å²) in [4.78, 5) is 8.73. The van der Waals surface area contributed by atoms with Crippen LogP contribution in [-0.4, -0.2) is 57.0 Å². The largest absolute Gasteiger partial charge is 0.380 e. The van der Waals surface area contributed by atoms with Gasteiger partial charge in [-0.1, -0.05) is 11.6 Å². The molecule has 0 spiro atoms. The van der Waals surface area contributed by atoms with E-state index < -0.39 is 5.82 Å². The molecule has 3 aliphatic heterocycles.